The number of benzene rings is 2. The summed E-state index contributed by atoms with van der Waals surface area (Å²) in [5, 5.41) is 3.54. The monoisotopic (exact) mass is 525 g/mol. The number of rotatable bonds is 12. The van der Waals surface area contributed by atoms with Gasteiger partial charge in [-0.2, -0.15) is 0 Å². The second kappa shape index (κ2) is 13.8. The molecule has 188 valence electrons. The maximum atomic E-state index is 13.3. The van der Waals surface area contributed by atoms with Crippen LogP contribution in [-0.2, 0) is 25.6 Å². The Labute approximate surface area is 219 Å². The predicted molar refractivity (Wildman–Crippen MR) is 144 cm³/mol. The van der Waals surface area contributed by atoms with Gasteiger partial charge in [-0.1, -0.05) is 83.7 Å². The highest BCUT2D eigenvalue weighted by Gasteiger charge is 2.34. The highest BCUT2D eigenvalue weighted by Crippen LogP contribution is 2.33. The van der Waals surface area contributed by atoms with Crippen molar-refractivity contribution < 1.29 is 19.1 Å². The lowest BCUT2D eigenvalue weighted by atomic mass is 10.2. The maximum Gasteiger partial charge on any atom is 0.266 e. The van der Waals surface area contributed by atoms with E-state index in [1.807, 2.05) is 30.3 Å². The topological polar surface area (TPSA) is 108 Å². The van der Waals surface area contributed by atoms with Crippen molar-refractivity contribution in [3.8, 4) is 0 Å². The van der Waals surface area contributed by atoms with Crippen LogP contribution in [0.1, 0.15) is 24.0 Å². The fraction of sp³-hybridized carbons (Fsp3) is 0.320. The Kier molecular flexibility index (Phi) is 10.5. The Hall–Kier alpha value is -3.21. The van der Waals surface area contributed by atoms with Crippen LogP contribution in [0.25, 0.3) is 16.5 Å². The van der Waals surface area contributed by atoms with Crippen LogP contribution in [0, 0.1) is 0 Å². The summed E-state index contributed by atoms with van der Waals surface area (Å²) in [5.41, 5.74) is 10.8. The minimum Gasteiger partial charge on any atom is -0.356 e. The van der Waals surface area contributed by atoms with Gasteiger partial charge >= 0.3 is 0 Å². The summed E-state index contributed by atoms with van der Waals surface area (Å²) in [5.74, 6) is -0.502. The molecule has 0 radical (unpaired) electrons. The summed E-state index contributed by atoms with van der Waals surface area (Å²) in [4.78, 5) is 32.6. The van der Waals surface area contributed by atoms with Crippen LogP contribution in [0.3, 0.4) is 0 Å². The lowest BCUT2D eigenvalue weighted by Gasteiger charge is -2.26. The van der Waals surface area contributed by atoms with Gasteiger partial charge in [-0.25, -0.2) is 0 Å². The Morgan fingerprint density at radius 3 is 2.53 bits per heavy atom. The van der Waals surface area contributed by atoms with Gasteiger partial charge in [0.1, 0.15) is 10.9 Å². The quantitative estimate of drug-likeness (QED) is 0.0934. The number of ether oxygens (including phenoxy) is 2. The van der Waals surface area contributed by atoms with Crippen molar-refractivity contribution in [3.05, 3.63) is 81.1 Å². The molecular weight excluding hydrogens is 498 g/mol. The Bertz CT molecular complexity index is 1150. The molecule has 1 aliphatic heterocycles. The van der Waals surface area contributed by atoms with E-state index in [1.54, 1.807) is 49.5 Å². The molecule has 0 spiro atoms. The van der Waals surface area contributed by atoms with Crippen LogP contribution >= 0.6 is 24.0 Å². The molecule has 3 rings (SSSR count). The van der Waals surface area contributed by atoms with Crippen LogP contribution in [0.2, 0.25) is 0 Å². The van der Waals surface area contributed by atoms with E-state index in [-0.39, 0.29) is 24.6 Å². The molecule has 0 aliphatic carbocycles. The zero-order valence-corrected chi connectivity index (χ0v) is 21.7. The van der Waals surface area contributed by atoms with E-state index in [1.165, 1.54) is 4.90 Å². The van der Waals surface area contributed by atoms with E-state index in [0.29, 0.717) is 40.8 Å². The first-order valence-electron chi connectivity index (χ1n) is 11.2. The normalized spacial score (nSPS) is 14.4. The van der Waals surface area contributed by atoms with Crippen LogP contribution < -0.4 is 0 Å². The molecule has 2 aromatic rings. The number of thioether (sulfide) groups is 1. The third-order valence-electron chi connectivity index (χ3n) is 5.48. The van der Waals surface area contributed by atoms with Crippen molar-refractivity contribution in [1.82, 2.24) is 9.80 Å². The van der Waals surface area contributed by atoms with Crippen LogP contribution in [-0.4, -0.2) is 59.5 Å². The van der Waals surface area contributed by atoms with Gasteiger partial charge in [0.15, 0.2) is 6.29 Å². The SMILES string of the molecule is COC(CCCN(Cc1ccccc1)C(=O)CN1C(=O)C(=Cc2ccc(N=[N+]=[N-])cc2)SC1=S)OC. The van der Waals surface area contributed by atoms with Crippen molar-refractivity contribution in [1.29, 1.82) is 0 Å². The van der Waals surface area contributed by atoms with Crippen molar-refractivity contribution in [3.63, 3.8) is 0 Å². The van der Waals surface area contributed by atoms with E-state index in [4.69, 9.17) is 27.2 Å². The first kappa shape index (κ1) is 27.4. The lowest BCUT2D eigenvalue weighted by Crippen LogP contribution is -2.42. The molecule has 1 saturated heterocycles. The van der Waals surface area contributed by atoms with Crippen LogP contribution in [0.5, 0.6) is 0 Å². The molecule has 0 N–H and O–H groups in total. The summed E-state index contributed by atoms with van der Waals surface area (Å²) in [7, 11) is 3.16. The third-order valence-corrected chi connectivity index (χ3v) is 6.86. The average Bonchev–Trinajstić information content (AvgIpc) is 3.15. The first-order chi connectivity index (χ1) is 17.4. The summed E-state index contributed by atoms with van der Waals surface area (Å²) in [6.45, 7) is 0.772. The van der Waals surface area contributed by atoms with Gasteiger partial charge in [0.25, 0.3) is 5.91 Å². The molecule has 1 heterocycles. The smallest absolute Gasteiger partial charge is 0.266 e. The summed E-state index contributed by atoms with van der Waals surface area (Å²) in [6.07, 6.45) is 2.68. The fourth-order valence-electron chi connectivity index (χ4n) is 3.59. The van der Waals surface area contributed by atoms with Crippen molar-refractivity contribution >= 4 is 51.9 Å². The number of hydrogen-bond donors (Lipinski definition) is 0. The number of carbonyl (C=O) groups is 2. The molecule has 1 fully saturated rings. The average molecular weight is 526 g/mol. The van der Waals surface area contributed by atoms with E-state index >= 15 is 0 Å². The molecule has 36 heavy (non-hydrogen) atoms. The molecule has 2 amide bonds. The Balaban J connectivity index is 1.69. The molecule has 0 aromatic heterocycles. The maximum absolute atomic E-state index is 13.3. The highest BCUT2D eigenvalue weighted by atomic mass is 32.2. The third kappa shape index (κ3) is 7.64. The Morgan fingerprint density at radius 1 is 1.19 bits per heavy atom. The molecule has 2 aromatic carbocycles. The van der Waals surface area contributed by atoms with Crippen molar-refractivity contribution in [2.75, 3.05) is 27.3 Å². The van der Waals surface area contributed by atoms with Gasteiger partial charge in [-0.05, 0) is 29.2 Å². The summed E-state index contributed by atoms with van der Waals surface area (Å²) < 4.78 is 10.8. The second-order valence-electron chi connectivity index (χ2n) is 7.89. The van der Waals surface area contributed by atoms with Gasteiger partial charge in [0.05, 0.1) is 4.91 Å². The number of azide groups is 1. The van der Waals surface area contributed by atoms with E-state index in [9.17, 15) is 9.59 Å². The fourth-order valence-corrected chi connectivity index (χ4v) is 4.84. The molecule has 0 bridgehead atoms. The molecule has 11 heteroatoms. The zero-order chi connectivity index (χ0) is 25.9. The van der Waals surface area contributed by atoms with Gasteiger partial charge in [0, 0.05) is 44.3 Å². The summed E-state index contributed by atoms with van der Waals surface area (Å²) >= 11 is 6.58. The number of methoxy groups -OCH3 is 2. The standard InChI is InChI=1S/C25H27N5O4S2/c1-33-23(34-2)9-6-14-29(16-19-7-4-3-5-8-19)22(31)17-30-24(32)21(36-25(30)35)15-18-10-12-20(13-11-18)27-28-26/h3-5,7-8,10-13,15,23H,6,9,14,16-17H2,1-2H3. The molecular formula is C25H27N5O4S2. The van der Waals surface area contributed by atoms with Crippen molar-refractivity contribution in [2.24, 2.45) is 5.11 Å². The number of nitrogens with zero attached hydrogens (tertiary/aromatic N) is 5. The number of amides is 2. The second-order valence-corrected chi connectivity index (χ2v) is 9.57. The molecule has 9 nitrogen and oxygen atoms in total. The molecule has 0 unspecified atom stereocenters. The van der Waals surface area contributed by atoms with Gasteiger partial charge in [-0.3, -0.25) is 14.5 Å². The van der Waals surface area contributed by atoms with E-state index in [2.05, 4.69) is 10.0 Å². The van der Waals surface area contributed by atoms with Gasteiger partial charge < -0.3 is 14.4 Å². The van der Waals surface area contributed by atoms with E-state index in [0.717, 1.165) is 22.9 Å². The minimum absolute atomic E-state index is 0.136. The number of hydrogen-bond acceptors (Lipinski definition) is 7. The molecule has 1 aliphatic rings. The molecule has 0 saturated carbocycles. The predicted octanol–water partition coefficient (Wildman–Crippen LogP) is 5.26. The first-order valence-corrected chi connectivity index (χ1v) is 12.5. The summed E-state index contributed by atoms with van der Waals surface area (Å²) in [6, 6.07) is 16.5. The van der Waals surface area contributed by atoms with Crippen molar-refractivity contribution in [2.45, 2.75) is 25.7 Å². The minimum atomic E-state index is -0.337. The lowest BCUT2D eigenvalue weighted by molar-refractivity contribution is -0.136. The number of carbonyl (C=O) groups excluding carboxylic acids is 2. The largest absolute Gasteiger partial charge is 0.356 e. The Morgan fingerprint density at radius 2 is 1.89 bits per heavy atom. The van der Waals surface area contributed by atoms with Gasteiger partial charge in [0.2, 0.25) is 5.91 Å². The van der Waals surface area contributed by atoms with E-state index < -0.39 is 0 Å². The van der Waals surface area contributed by atoms with Crippen LogP contribution in [0.4, 0.5) is 5.69 Å². The number of thiocarbonyl (C=S) groups is 1. The zero-order valence-electron chi connectivity index (χ0n) is 20.1. The van der Waals surface area contributed by atoms with Gasteiger partial charge in [-0.15, -0.1) is 0 Å². The highest BCUT2D eigenvalue weighted by molar-refractivity contribution is 8.26. The van der Waals surface area contributed by atoms with Crippen LogP contribution in [0.15, 0.2) is 64.6 Å². The molecule has 0 atom stereocenters.